The minimum absolute atomic E-state index is 0.206. The van der Waals surface area contributed by atoms with Gasteiger partial charge in [-0.15, -0.1) is 0 Å². The van der Waals surface area contributed by atoms with Crippen LogP contribution in [0.25, 0.3) is 0 Å². The molecule has 1 aliphatic carbocycles. The second kappa shape index (κ2) is 9.76. The first-order valence-electron chi connectivity index (χ1n) is 12.6. The van der Waals surface area contributed by atoms with Gasteiger partial charge in [-0.1, -0.05) is 30.3 Å². The SMILES string of the molecule is COc1ccccc1CCNC(=O)[C@H]1CC12CCN(Cc1ccc(N3CCCC3)cc1)CC2. The molecule has 1 atom stereocenters. The number of nitrogens with one attached hydrogen (secondary N) is 1. The number of anilines is 1. The Morgan fingerprint density at radius 1 is 1.03 bits per heavy atom. The summed E-state index contributed by atoms with van der Waals surface area (Å²) in [6, 6.07) is 17.2. The van der Waals surface area contributed by atoms with Gasteiger partial charge in [0.15, 0.2) is 0 Å². The first-order chi connectivity index (χ1) is 16.2. The number of hydrogen-bond acceptors (Lipinski definition) is 4. The van der Waals surface area contributed by atoms with E-state index in [2.05, 4.69) is 45.4 Å². The van der Waals surface area contributed by atoms with Crippen LogP contribution in [0.5, 0.6) is 5.75 Å². The molecule has 3 fully saturated rings. The van der Waals surface area contributed by atoms with Crippen LogP contribution in [0.3, 0.4) is 0 Å². The van der Waals surface area contributed by atoms with E-state index in [0.29, 0.717) is 6.54 Å². The standard InChI is InChI=1S/C28H37N3O2/c1-33-26-7-3-2-6-23(26)12-15-29-27(32)25-20-28(25)13-18-30(19-14-28)21-22-8-10-24(11-9-22)31-16-4-5-17-31/h2-3,6-11,25H,4-5,12-21H2,1H3,(H,29,32)/t25-/m1/s1. The first-order valence-corrected chi connectivity index (χ1v) is 12.6. The van der Waals surface area contributed by atoms with Gasteiger partial charge in [-0.05, 0) is 86.4 Å². The summed E-state index contributed by atoms with van der Waals surface area (Å²) in [7, 11) is 1.70. The predicted octanol–water partition coefficient (Wildman–Crippen LogP) is 4.26. The Kier molecular flexibility index (Phi) is 6.59. The highest BCUT2D eigenvalue weighted by Crippen LogP contribution is 2.59. The van der Waals surface area contributed by atoms with E-state index in [1.807, 2.05) is 18.2 Å². The third-order valence-electron chi connectivity index (χ3n) is 8.06. The van der Waals surface area contributed by atoms with Gasteiger partial charge in [0, 0.05) is 37.8 Å². The number of likely N-dealkylation sites (tertiary alicyclic amines) is 1. The molecule has 1 saturated carbocycles. The Morgan fingerprint density at radius 3 is 2.48 bits per heavy atom. The average molecular weight is 448 g/mol. The molecule has 0 radical (unpaired) electrons. The molecule has 0 aromatic heterocycles. The Hall–Kier alpha value is -2.53. The van der Waals surface area contributed by atoms with Crippen molar-refractivity contribution in [3.8, 4) is 5.75 Å². The molecule has 3 aliphatic rings. The first kappa shape index (κ1) is 22.3. The summed E-state index contributed by atoms with van der Waals surface area (Å²) in [6.07, 6.45) is 6.79. The summed E-state index contributed by atoms with van der Waals surface area (Å²) in [4.78, 5) is 17.8. The normalized spacial score (nSPS) is 21.8. The van der Waals surface area contributed by atoms with E-state index in [1.165, 1.54) is 37.2 Å². The molecule has 5 rings (SSSR count). The number of benzene rings is 2. The van der Waals surface area contributed by atoms with Crippen molar-refractivity contribution in [2.75, 3.05) is 44.7 Å². The summed E-state index contributed by atoms with van der Waals surface area (Å²) < 4.78 is 5.41. The zero-order valence-corrected chi connectivity index (χ0v) is 19.9. The van der Waals surface area contributed by atoms with E-state index in [0.717, 1.165) is 56.6 Å². The molecule has 1 amide bonds. The summed E-state index contributed by atoms with van der Waals surface area (Å²) in [5.41, 5.74) is 4.17. The number of ether oxygens (including phenoxy) is 1. The summed E-state index contributed by atoms with van der Waals surface area (Å²) in [6.45, 7) is 6.28. The van der Waals surface area contributed by atoms with Crippen LogP contribution >= 0.6 is 0 Å². The third-order valence-corrected chi connectivity index (χ3v) is 8.06. The van der Waals surface area contributed by atoms with Crippen molar-refractivity contribution in [1.29, 1.82) is 0 Å². The Morgan fingerprint density at radius 2 is 1.76 bits per heavy atom. The largest absolute Gasteiger partial charge is 0.496 e. The summed E-state index contributed by atoms with van der Waals surface area (Å²) in [5.74, 6) is 1.35. The minimum Gasteiger partial charge on any atom is -0.496 e. The van der Waals surface area contributed by atoms with Crippen LogP contribution in [0.2, 0.25) is 0 Å². The van der Waals surface area contributed by atoms with Crippen molar-refractivity contribution in [3.05, 3.63) is 59.7 Å². The fraction of sp³-hybridized carbons (Fsp3) is 0.536. The number of rotatable bonds is 8. The molecule has 2 saturated heterocycles. The molecule has 1 spiro atoms. The Balaban J connectivity index is 1.05. The number of carbonyl (C=O) groups is 1. The molecule has 0 bridgehead atoms. The van der Waals surface area contributed by atoms with Gasteiger partial charge >= 0.3 is 0 Å². The topological polar surface area (TPSA) is 44.8 Å². The highest BCUT2D eigenvalue weighted by Gasteiger charge is 2.58. The fourth-order valence-electron chi connectivity index (χ4n) is 5.83. The highest BCUT2D eigenvalue weighted by atomic mass is 16.5. The fourth-order valence-corrected chi connectivity index (χ4v) is 5.83. The molecular formula is C28H37N3O2. The summed E-state index contributed by atoms with van der Waals surface area (Å²) in [5, 5.41) is 3.18. The zero-order chi connectivity index (χ0) is 22.7. The van der Waals surface area contributed by atoms with Crippen molar-refractivity contribution < 1.29 is 9.53 Å². The molecule has 5 heteroatoms. The predicted molar refractivity (Wildman–Crippen MR) is 133 cm³/mol. The highest BCUT2D eigenvalue weighted by molar-refractivity contribution is 5.82. The van der Waals surface area contributed by atoms with Crippen molar-refractivity contribution in [3.63, 3.8) is 0 Å². The number of nitrogens with zero attached hydrogens (tertiary/aromatic N) is 2. The van der Waals surface area contributed by atoms with Crippen molar-refractivity contribution in [2.45, 2.75) is 45.1 Å². The lowest BCUT2D eigenvalue weighted by Crippen LogP contribution is -2.37. The van der Waals surface area contributed by atoms with Gasteiger partial charge in [0.1, 0.15) is 5.75 Å². The molecule has 2 aliphatic heterocycles. The lowest BCUT2D eigenvalue weighted by molar-refractivity contribution is -0.123. The van der Waals surface area contributed by atoms with Crippen LogP contribution in [0.4, 0.5) is 5.69 Å². The van der Waals surface area contributed by atoms with E-state index < -0.39 is 0 Å². The number of para-hydroxylation sites is 1. The molecular weight excluding hydrogens is 410 g/mol. The van der Waals surface area contributed by atoms with Crippen LogP contribution in [0, 0.1) is 11.3 Å². The minimum atomic E-state index is 0.206. The molecule has 2 aromatic carbocycles. The van der Waals surface area contributed by atoms with Gasteiger partial charge in [0.2, 0.25) is 5.91 Å². The molecule has 1 N–H and O–H groups in total. The van der Waals surface area contributed by atoms with Crippen LogP contribution in [-0.4, -0.2) is 50.6 Å². The lowest BCUT2D eigenvalue weighted by atomic mass is 9.90. The second-order valence-corrected chi connectivity index (χ2v) is 10.1. The molecule has 2 aromatic rings. The number of hydrogen-bond donors (Lipinski definition) is 1. The van der Waals surface area contributed by atoms with E-state index >= 15 is 0 Å². The Bertz CT molecular complexity index is 944. The summed E-state index contributed by atoms with van der Waals surface area (Å²) >= 11 is 0. The van der Waals surface area contributed by atoms with Gasteiger partial charge < -0.3 is 15.0 Å². The number of methoxy groups -OCH3 is 1. The van der Waals surface area contributed by atoms with Gasteiger partial charge in [-0.25, -0.2) is 0 Å². The lowest BCUT2D eigenvalue weighted by Gasteiger charge is -2.33. The molecule has 33 heavy (non-hydrogen) atoms. The number of piperidine rings is 1. The Labute approximate surface area is 198 Å². The molecule has 0 unspecified atom stereocenters. The monoisotopic (exact) mass is 447 g/mol. The van der Waals surface area contributed by atoms with E-state index in [1.54, 1.807) is 7.11 Å². The quantitative estimate of drug-likeness (QED) is 0.657. The van der Waals surface area contributed by atoms with E-state index in [4.69, 9.17) is 4.74 Å². The smallest absolute Gasteiger partial charge is 0.223 e. The third kappa shape index (κ3) is 5.03. The van der Waals surface area contributed by atoms with Crippen LogP contribution in [0.1, 0.15) is 43.2 Å². The van der Waals surface area contributed by atoms with Gasteiger partial charge in [0.05, 0.1) is 7.11 Å². The number of amides is 1. The van der Waals surface area contributed by atoms with Crippen LogP contribution in [0.15, 0.2) is 48.5 Å². The van der Waals surface area contributed by atoms with E-state index in [-0.39, 0.29) is 17.2 Å². The molecule has 2 heterocycles. The maximum Gasteiger partial charge on any atom is 0.223 e. The van der Waals surface area contributed by atoms with Crippen LogP contribution in [-0.2, 0) is 17.8 Å². The van der Waals surface area contributed by atoms with Gasteiger partial charge in [0.25, 0.3) is 0 Å². The number of carbonyl (C=O) groups excluding carboxylic acids is 1. The van der Waals surface area contributed by atoms with Gasteiger partial charge in [-0.2, -0.15) is 0 Å². The zero-order valence-electron chi connectivity index (χ0n) is 19.9. The second-order valence-electron chi connectivity index (χ2n) is 10.1. The average Bonchev–Trinajstić information content (AvgIpc) is 3.26. The molecule has 5 nitrogen and oxygen atoms in total. The maximum absolute atomic E-state index is 12.8. The molecule has 176 valence electrons. The van der Waals surface area contributed by atoms with E-state index in [9.17, 15) is 4.79 Å². The maximum atomic E-state index is 12.8. The van der Waals surface area contributed by atoms with Crippen molar-refractivity contribution >= 4 is 11.6 Å². The van der Waals surface area contributed by atoms with Crippen molar-refractivity contribution in [2.24, 2.45) is 11.3 Å². The van der Waals surface area contributed by atoms with Gasteiger partial charge in [-0.3, -0.25) is 9.69 Å². The van der Waals surface area contributed by atoms with Crippen LogP contribution < -0.4 is 15.0 Å². The van der Waals surface area contributed by atoms with Crippen molar-refractivity contribution in [1.82, 2.24) is 10.2 Å².